The summed E-state index contributed by atoms with van der Waals surface area (Å²) in [6, 6.07) is 2.37. The van der Waals surface area contributed by atoms with Crippen LogP contribution in [0.2, 0.25) is 5.02 Å². The molecule has 1 saturated carbocycles. The van der Waals surface area contributed by atoms with E-state index in [1.165, 1.54) is 12.1 Å². The maximum absolute atomic E-state index is 13.7. The van der Waals surface area contributed by atoms with Gasteiger partial charge in [-0.15, -0.1) is 0 Å². The van der Waals surface area contributed by atoms with Crippen LogP contribution in [-0.2, 0) is 24.1 Å². The number of carbonyl (C=O) groups excluding carboxylic acids is 1. The Hall–Kier alpha value is -2.20. The Morgan fingerprint density at radius 2 is 2.25 bits per heavy atom. The number of nitrogens with zero attached hydrogens (tertiary/aromatic N) is 3. The van der Waals surface area contributed by atoms with Crippen molar-refractivity contribution in [2.75, 3.05) is 32.6 Å². The van der Waals surface area contributed by atoms with Crippen LogP contribution in [0, 0.1) is 5.82 Å². The number of benzene rings is 1. The Morgan fingerprint density at radius 3 is 2.97 bits per heavy atom. The van der Waals surface area contributed by atoms with Crippen LogP contribution in [0.3, 0.4) is 0 Å². The first-order valence-electron chi connectivity index (χ1n) is 10.8. The third kappa shape index (κ3) is 3.57. The molecule has 0 spiro atoms. The van der Waals surface area contributed by atoms with Gasteiger partial charge in [0.05, 0.1) is 18.2 Å². The van der Waals surface area contributed by atoms with E-state index >= 15 is 0 Å². The average Bonchev–Trinajstić information content (AvgIpc) is 3.23. The van der Waals surface area contributed by atoms with Crippen molar-refractivity contribution in [3.8, 4) is 0 Å². The van der Waals surface area contributed by atoms with Gasteiger partial charge in [0.15, 0.2) is 5.69 Å². The van der Waals surface area contributed by atoms with E-state index in [2.05, 4.69) is 15.5 Å². The van der Waals surface area contributed by atoms with Crippen LogP contribution < -0.4 is 5.32 Å². The Morgan fingerprint density at radius 1 is 1.47 bits per heavy atom. The number of aliphatic hydroxyl groups is 1. The maximum atomic E-state index is 13.7. The van der Waals surface area contributed by atoms with Crippen molar-refractivity contribution in [2.45, 2.75) is 50.0 Å². The molecule has 3 heterocycles. The van der Waals surface area contributed by atoms with Gasteiger partial charge in [-0.1, -0.05) is 11.6 Å². The number of amides is 1. The second-order valence-corrected chi connectivity index (χ2v) is 9.46. The van der Waals surface area contributed by atoms with Gasteiger partial charge in [0.1, 0.15) is 12.0 Å². The maximum Gasteiger partial charge on any atom is 0.274 e. The molecule has 2 aromatic rings. The number of nitrogens with one attached hydrogen (secondary N) is 2. The quantitative estimate of drug-likeness (QED) is 0.608. The third-order valence-corrected chi connectivity index (χ3v) is 7.42. The molecule has 0 bridgehead atoms. The van der Waals surface area contributed by atoms with E-state index in [9.17, 15) is 14.3 Å². The van der Waals surface area contributed by atoms with Crippen molar-refractivity contribution in [3.05, 3.63) is 45.5 Å². The molecule has 3 N–H and O–H groups in total. The van der Waals surface area contributed by atoms with Gasteiger partial charge in [0, 0.05) is 55.6 Å². The van der Waals surface area contributed by atoms with Crippen LogP contribution in [0.4, 0.5) is 10.1 Å². The molecule has 1 aromatic heterocycles. The molecule has 1 aromatic carbocycles. The van der Waals surface area contributed by atoms with Crippen molar-refractivity contribution in [2.24, 2.45) is 0 Å². The number of hydrogen-bond donors (Lipinski definition) is 3. The predicted octanol–water partition coefficient (Wildman–Crippen LogP) is 2.17. The van der Waals surface area contributed by atoms with E-state index in [-0.39, 0.29) is 17.5 Å². The predicted molar refractivity (Wildman–Crippen MR) is 117 cm³/mol. The van der Waals surface area contributed by atoms with Gasteiger partial charge in [-0.05, 0) is 37.0 Å². The number of aromatic nitrogens is 2. The molecule has 1 amide bonds. The summed E-state index contributed by atoms with van der Waals surface area (Å²) in [5.41, 5.74) is 3.32. The Balaban J connectivity index is 1.32. The summed E-state index contributed by atoms with van der Waals surface area (Å²) in [7, 11) is 3.44. The van der Waals surface area contributed by atoms with Crippen molar-refractivity contribution in [1.29, 1.82) is 0 Å². The van der Waals surface area contributed by atoms with E-state index in [0.29, 0.717) is 48.9 Å². The lowest BCUT2D eigenvalue weighted by Crippen LogP contribution is -2.48. The minimum atomic E-state index is -0.825. The summed E-state index contributed by atoms with van der Waals surface area (Å²) in [6.07, 6.45) is 2.15. The smallest absolute Gasteiger partial charge is 0.274 e. The first-order chi connectivity index (χ1) is 15.3. The van der Waals surface area contributed by atoms with E-state index < -0.39 is 12.0 Å². The molecule has 8 nitrogen and oxygen atoms in total. The van der Waals surface area contributed by atoms with E-state index in [0.717, 1.165) is 29.7 Å². The highest BCUT2D eigenvalue weighted by atomic mass is 35.5. The zero-order valence-electron chi connectivity index (χ0n) is 18.1. The highest BCUT2D eigenvalue weighted by molar-refractivity contribution is 6.31. The number of aromatic amines is 1. The third-order valence-electron chi connectivity index (χ3n) is 7.08. The fourth-order valence-electron chi connectivity index (χ4n) is 4.93. The number of anilines is 1. The molecule has 0 radical (unpaired) electrons. The minimum absolute atomic E-state index is 0.137. The number of aliphatic hydroxyl groups excluding tert-OH is 1. The Labute approximate surface area is 190 Å². The van der Waals surface area contributed by atoms with Gasteiger partial charge in [-0.25, -0.2) is 4.39 Å². The molecular formula is C22H27ClFN5O3. The van der Waals surface area contributed by atoms with Gasteiger partial charge in [-0.2, -0.15) is 5.10 Å². The summed E-state index contributed by atoms with van der Waals surface area (Å²) in [4.78, 5) is 16.9. The standard InChI is InChI=1S/C22H27ClFN5O3/c1-28(22(4-5-22)11-32-2)21(31)19-14-10-29(6-3-16(14)26-27-19)20(30)18-9-13-15(23)7-12(24)8-17(13)25-18/h7-8,18,20,25,30H,3-6,9-11H2,1-2H3,(H,26,27). The fourth-order valence-corrected chi connectivity index (χ4v) is 5.21. The van der Waals surface area contributed by atoms with Gasteiger partial charge < -0.3 is 20.1 Å². The second kappa shape index (κ2) is 7.98. The summed E-state index contributed by atoms with van der Waals surface area (Å²) in [5.74, 6) is -0.548. The number of methoxy groups -OCH3 is 1. The first-order valence-corrected chi connectivity index (χ1v) is 11.2. The van der Waals surface area contributed by atoms with Gasteiger partial charge >= 0.3 is 0 Å². The molecular weight excluding hydrogens is 437 g/mol. The number of fused-ring (bicyclic) bond motifs is 2. The number of likely N-dealkylation sites (N-methyl/N-ethyl adjacent to an activating group) is 1. The Bertz CT molecular complexity index is 1060. The molecule has 10 heteroatoms. The largest absolute Gasteiger partial charge is 0.382 e. The van der Waals surface area contributed by atoms with E-state index in [1.54, 1.807) is 19.1 Å². The van der Waals surface area contributed by atoms with Gasteiger partial charge in [0.25, 0.3) is 5.91 Å². The molecule has 5 rings (SSSR count). The topological polar surface area (TPSA) is 93.7 Å². The van der Waals surface area contributed by atoms with Crippen LogP contribution in [0.25, 0.3) is 0 Å². The monoisotopic (exact) mass is 463 g/mol. The molecule has 172 valence electrons. The molecule has 2 unspecified atom stereocenters. The molecule has 0 saturated heterocycles. The van der Waals surface area contributed by atoms with Gasteiger partial charge in [0.2, 0.25) is 0 Å². The zero-order valence-corrected chi connectivity index (χ0v) is 18.9. The fraction of sp³-hybridized carbons (Fsp3) is 0.545. The zero-order chi connectivity index (χ0) is 22.6. The molecule has 32 heavy (non-hydrogen) atoms. The molecule has 1 fully saturated rings. The van der Waals surface area contributed by atoms with Crippen LogP contribution in [0.15, 0.2) is 12.1 Å². The van der Waals surface area contributed by atoms with Crippen LogP contribution in [0.5, 0.6) is 0 Å². The summed E-state index contributed by atoms with van der Waals surface area (Å²) < 4.78 is 19.0. The normalized spacial score (nSPS) is 22.1. The van der Waals surface area contributed by atoms with E-state index in [4.69, 9.17) is 16.3 Å². The minimum Gasteiger partial charge on any atom is -0.382 e. The van der Waals surface area contributed by atoms with Crippen molar-refractivity contribution in [3.63, 3.8) is 0 Å². The van der Waals surface area contributed by atoms with Crippen molar-refractivity contribution < 1.29 is 19.0 Å². The highest BCUT2D eigenvalue weighted by Gasteiger charge is 2.49. The van der Waals surface area contributed by atoms with E-state index in [1.807, 2.05) is 4.90 Å². The van der Waals surface area contributed by atoms with Crippen LogP contribution >= 0.6 is 11.6 Å². The highest BCUT2D eigenvalue weighted by Crippen LogP contribution is 2.42. The average molecular weight is 464 g/mol. The summed E-state index contributed by atoms with van der Waals surface area (Å²) in [6.45, 7) is 1.52. The lowest BCUT2D eigenvalue weighted by Gasteiger charge is -2.35. The van der Waals surface area contributed by atoms with Crippen LogP contribution in [0.1, 0.15) is 40.2 Å². The second-order valence-electron chi connectivity index (χ2n) is 9.05. The van der Waals surface area contributed by atoms with Crippen molar-refractivity contribution in [1.82, 2.24) is 20.0 Å². The van der Waals surface area contributed by atoms with Crippen molar-refractivity contribution >= 4 is 23.2 Å². The summed E-state index contributed by atoms with van der Waals surface area (Å²) >= 11 is 6.19. The number of H-pyrrole nitrogens is 1. The molecule has 2 aliphatic heterocycles. The van der Waals surface area contributed by atoms with Gasteiger partial charge in [-0.3, -0.25) is 14.8 Å². The first kappa shape index (κ1) is 21.6. The number of carbonyl (C=O) groups is 1. The molecule has 1 aliphatic carbocycles. The van der Waals surface area contributed by atoms with Crippen LogP contribution in [-0.4, -0.2) is 76.1 Å². The summed E-state index contributed by atoms with van der Waals surface area (Å²) in [5, 5.41) is 22.0. The number of hydrogen-bond acceptors (Lipinski definition) is 6. The SMILES string of the molecule is COCC1(N(C)C(=O)c2n[nH]c3c2CN(C(O)C2Cc4c(Cl)cc(F)cc4N2)CC3)CC1. The lowest BCUT2D eigenvalue weighted by atomic mass is 10.0. The lowest BCUT2D eigenvalue weighted by molar-refractivity contribution is -0.0179. The number of rotatable bonds is 6. The Kier molecular flexibility index (Phi) is 5.40. The molecule has 2 atom stereocenters. The number of ether oxygens (including phenoxy) is 1. The number of halogens is 2. The molecule has 3 aliphatic rings.